The first-order chi connectivity index (χ1) is 14.1. The minimum Gasteiger partial charge on any atom is -0.320 e. The maximum Gasteiger partial charge on any atom is 0.419 e. The topological polar surface area (TPSA) is 60.2 Å². The van der Waals surface area contributed by atoms with Crippen LogP contribution in [-0.4, -0.2) is 29.0 Å². The molecular weight excluding hydrogens is 413 g/mol. The summed E-state index contributed by atoms with van der Waals surface area (Å²) in [5.41, 5.74) is -0.998. The molecule has 1 heterocycles. The van der Waals surface area contributed by atoms with Crippen LogP contribution in [0.1, 0.15) is 36.1 Å². The number of nitrogens with zero attached hydrogens (tertiary/aromatic N) is 4. The number of halogens is 3. The van der Waals surface area contributed by atoms with Crippen LogP contribution in [0.5, 0.6) is 0 Å². The van der Waals surface area contributed by atoms with E-state index in [1.807, 2.05) is 31.2 Å². The minimum absolute atomic E-state index is 0.0743. The van der Waals surface area contributed by atoms with Crippen LogP contribution in [0.4, 0.5) is 24.5 Å². The van der Waals surface area contributed by atoms with Crippen LogP contribution in [0.25, 0.3) is 0 Å². The van der Waals surface area contributed by atoms with Gasteiger partial charge in [-0.15, -0.1) is 0 Å². The molecule has 3 rings (SSSR count). The largest absolute Gasteiger partial charge is 0.419 e. The molecule has 1 aromatic carbocycles. The van der Waals surface area contributed by atoms with E-state index >= 15 is 0 Å². The van der Waals surface area contributed by atoms with Crippen molar-refractivity contribution in [3.63, 3.8) is 0 Å². The number of aryl methyl sites for hydroxylation is 1. The Morgan fingerprint density at radius 1 is 1.33 bits per heavy atom. The Bertz CT molecular complexity index is 1030. The number of alkyl halides is 3. The fourth-order valence-corrected chi connectivity index (χ4v) is 3.87. The maximum absolute atomic E-state index is 13.4. The van der Waals surface area contributed by atoms with Gasteiger partial charge in [0.05, 0.1) is 17.4 Å². The number of hydrogen-bond donors (Lipinski definition) is 0. The van der Waals surface area contributed by atoms with Gasteiger partial charge in [0.25, 0.3) is 0 Å². The molecule has 1 saturated carbocycles. The average molecular weight is 432 g/mol. The SMILES string of the molecule is Cc1ccccc1N(C(=S)N(C)c1cnc(C#N)c(C(F)(F)F)c1)C1(C=O)CCC1. The lowest BCUT2D eigenvalue weighted by atomic mass is 9.76. The van der Waals surface area contributed by atoms with Crippen molar-refractivity contribution in [1.29, 1.82) is 5.26 Å². The van der Waals surface area contributed by atoms with Crippen LogP contribution in [-0.2, 0) is 11.0 Å². The summed E-state index contributed by atoms with van der Waals surface area (Å²) in [6.07, 6.45) is -0.656. The number of pyridine rings is 1. The van der Waals surface area contributed by atoms with Gasteiger partial charge in [-0.2, -0.15) is 18.4 Å². The summed E-state index contributed by atoms with van der Waals surface area (Å²) < 4.78 is 40.1. The predicted molar refractivity (Wildman–Crippen MR) is 111 cm³/mol. The molecule has 9 heteroatoms. The fourth-order valence-electron chi connectivity index (χ4n) is 3.48. The van der Waals surface area contributed by atoms with E-state index in [1.165, 1.54) is 24.2 Å². The van der Waals surface area contributed by atoms with E-state index in [-0.39, 0.29) is 10.8 Å². The highest BCUT2D eigenvalue weighted by atomic mass is 32.1. The normalized spacial score (nSPS) is 14.9. The monoisotopic (exact) mass is 432 g/mol. The number of carbonyl (C=O) groups excluding carboxylic acids is 1. The number of thiocarbonyl (C=S) groups is 1. The first kappa shape index (κ1) is 21.7. The zero-order valence-electron chi connectivity index (χ0n) is 16.4. The van der Waals surface area contributed by atoms with Gasteiger partial charge in [0.2, 0.25) is 0 Å². The molecule has 1 aromatic heterocycles. The van der Waals surface area contributed by atoms with Crippen molar-refractivity contribution in [3.05, 3.63) is 53.3 Å². The highest BCUT2D eigenvalue weighted by Crippen LogP contribution is 2.41. The van der Waals surface area contributed by atoms with Crippen LogP contribution in [0.15, 0.2) is 36.5 Å². The van der Waals surface area contributed by atoms with Gasteiger partial charge in [0.1, 0.15) is 17.9 Å². The third-order valence-electron chi connectivity index (χ3n) is 5.39. The molecule has 156 valence electrons. The Morgan fingerprint density at radius 2 is 2.00 bits per heavy atom. The van der Waals surface area contributed by atoms with E-state index < -0.39 is 23.0 Å². The standard InChI is InChI=1S/C21H19F3N4OS/c1-14-6-3-4-7-18(14)28(20(13-29)8-5-9-20)19(30)27(2)15-10-16(21(22,23)24)17(11-25)26-12-15/h3-4,6-7,10,12-13H,5,8-9H2,1-2H3. The fraction of sp³-hybridized carbons (Fsp3) is 0.333. The Kier molecular flexibility index (Phi) is 5.81. The lowest BCUT2D eigenvalue weighted by Gasteiger charge is -2.49. The van der Waals surface area contributed by atoms with Crippen LogP contribution < -0.4 is 9.80 Å². The molecule has 0 saturated heterocycles. The van der Waals surface area contributed by atoms with Crippen molar-refractivity contribution >= 4 is 35.0 Å². The van der Waals surface area contributed by atoms with Crippen LogP contribution in [0.2, 0.25) is 0 Å². The highest BCUT2D eigenvalue weighted by molar-refractivity contribution is 7.80. The average Bonchev–Trinajstić information content (AvgIpc) is 2.69. The Balaban J connectivity index is 2.07. The number of para-hydroxylation sites is 1. The van der Waals surface area contributed by atoms with Crippen molar-refractivity contribution < 1.29 is 18.0 Å². The number of aldehydes is 1. The number of benzene rings is 1. The van der Waals surface area contributed by atoms with Crippen LogP contribution >= 0.6 is 12.2 Å². The van der Waals surface area contributed by atoms with Crippen molar-refractivity contribution in [2.24, 2.45) is 0 Å². The highest BCUT2D eigenvalue weighted by Gasteiger charge is 2.46. The summed E-state index contributed by atoms with van der Waals surface area (Å²) in [6, 6.07) is 9.71. The summed E-state index contributed by atoms with van der Waals surface area (Å²) >= 11 is 5.65. The maximum atomic E-state index is 13.4. The van der Waals surface area contributed by atoms with Gasteiger partial charge in [-0.05, 0) is 56.1 Å². The molecule has 0 bridgehead atoms. The van der Waals surface area contributed by atoms with Gasteiger partial charge in [-0.25, -0.2) is 4.98 Å². The van der Waals surface area contributed by atoms with Crippen molar-refractivity contribution in [2.75, 3.05) is 16.8 Å². The molecule has 0 atom stereocenters. The second-order valence-corrected chi connectivity index (χ2v) is 7.60. The lowest BCUT2D eigenvalue weighted by Crippen LogP contribution is -2.61. The van der Waals surface area contributed by atoms with Gasteiger partial charge in [-0.3, -0.25) is 0 Å². The molecule has 30 heavy (non-hydrogen) atoms. The Morgan fingerprint density at radius 3 is 2.50 bits per heavy atom. The second kappa shape index (κ2) is 8.03. The summed E-state index contributed by atoms with van der Waals surface area (Å²) in [5.74, 6) is 0. The van der Waals surface area contributed by atoms with Gasteiger partial charge >= 0.3 is 6.18 Å². The first-order valence-corrected chi connectivity index (χ1v) is 9.62. The third-order valence-corrected chi connectivity index (χ3v) is 5.85. The second-order valence-electron chi connectivity index (χ2n) is 7.24. The van der Waals surface area contributed by atoms with E-state index in [1.54, 1.807) is 4.90 Å². The minimum atomic E-state index is -4.73. The van der Waals surface area contributed by atoms with Crippen molar-refractivity contribution in [1.82, 2.24) is 4.98 Å². The Labute approximate surface area is 177 Å². The van der Waals surface area contributed by atoms with E-state index in [0.29, 0.717) is 12.8 Å². The molecule has 0 amide bonds. The molecule has 2 aromatic rings. The van der Waals surface area contributed by atoms with Crippen molar-refractivity contribution in [2.45, 2.75) is 37.9 Å². The molecule has 5 nitrogen and oxygen atoms in total. The van der Waals surface area contributed by atoms with E-state index in [2.05, 4.69) is 4.98 Å². The quantitative estimate of drug-likeness (QED) is 0.519. The molecule has 0 spiro atoms. The third kappa shape index (κ3) is 3.75. The predicted octanol–water partition coefficient (Wildman–Crippen LogP) is 4.63. The van der Waals surface area contributed by atoms with Gasteiger partial charge in [0, 0.05) is 12.7 Å². The molecule has 0 N–H and O–H groups in total. The first-order valence-electron chi connectivity index (χ1n) is 9.22. The molecule has 0 aliphatic heterocycles. The van der Waals surface area contributed by atoms with Gasteiger partial charge in [0.15, 0.2) is 10.8 Å². The zero-order chi connectivity index (χ0) is 22.1. The smallest absolute Gasteiger partial charge is 0.320 e. The van der Waals surface area contributed by atoms with E-state index in [4.69, 9.17) is 17.5 Å². The molecule has 0 unspecified atom stereocenters. The lowest BCUT2D eigenvalue weighted by molar-refractivity contribution is -0.138. The van der Waals surface area contributed by atoms with E-state index in [0.717, 1.165) is 30.0 Å². The summed E-state index contributed by atoms with van der Waals surface area (Å²) in [7, 11) is 1.52. The summed E-state index contributed by atoms with van der Waals surface area (Å²) in [4.78, 5) is 18.8. The number of carbonyl (C=O) groups is 1. The molecular formula is C21H19F3N4OS. The number of anilines is 2. The van der Waals surface area contributed by atoms with Crippen LogP contribution in [0.3, 0.4) is 0 Å². The Hall–Kier alpha value is -2.99. The summed E-state index contributed by atoms with van der Waals surface area (Å²) in [5, 5.41) is 9.14. The number of nitriles is 1. The van der Waals surface area contributed by atoms with Crippen molar-refractivity contribution in [3.8, 4) is 6.07 Å². The molecule has 1 aliphatic carbocycles. The number of rotatable bonds is 4. The number of aromatic nitrogens is 1. The molecule has 1 fully saturated rings. The van der Waals surface area contributed by atoms with Crippen LogP contribution in [0, 0.1) is 18.3 Å². The van der Waals surface area contributed by atoms with Gasteiger partial charge < -0.3 is 14.6 Å². The zero-order valence-corrected chi connectivity index (χ0v) is 17.2. The van der Waals surface area contributed by atoms with Gasteiger partial charge in [-0.1, -0.05) is 18.2 Å². The van der Waals surface area contributed by atoms with E-state index in [9.17, 15) is 18.0 Å². The molecule has 0 radical (unpaired) electrons. The summed E-state index contributed by atoms with van der Waals surface area (Å²) in [6.45, 7) is 1.88. The molecule has 1 aliphatic rings. The number of hydrogen-bond acceptors (Lipinski definition) is 4.